The molecule has 1 N–H and O–H groups in total. The number of amides is 1. The van der Waals surface area contributed by atoms with Crippen LogP contribution in [0.4, 0.5) is 0 Å². The third-order valence-corrected chi connectivity index (χ3v) is 4.52. The molecule has 0 saturated carbocycles. The van der Waals surface area contributed by atoms with E-state index < -0.39 is 5.60 Å². The Morgan fingerprint density at radius 2 is 1.52 bits per heavy atom. The van der Waals surface area contributed by atoms with Gasteiger partial charge in [0.25, 0.3) is 0 Å². The Kier molecular flexibility index (Phi) is 2.82. The van der Waals surface area contributed by atoms with Crippen LogP contribution in [-0.4, -0.2) is 18.1 Å². The summed E-state index contributed by atoms with van der Waals surface area (Å²) in [7, 11) is 0. The van der Waals surface area contributed by atoms with Crippen LogP contribution in [0.3, 0.4) is 0 Å². The van der Waals surface area contributed by atoms with E-state index >= 15 is 0 Å². The summed E-state index contributed by atoms with van der Waals surface area (Å²) < 4.78 is 6.34. The average Bonchev–Trinajstić information content (AvgIpc) is 2.53. The minimum absolute atomic E-state index is 0.0172. The van der Waals surface area contributed by atoms with Crippen molar-refractivity contribution in [2.75, 3.05) is 0 Å². The lowest BCUT2D eigenvalue weighted by molar-refractivity contribution is -0.228. The second-order valence-electron chi connectivity index (χ2n) is 5.71. The molecule has 0 aromatic heterocycles. The van der Waals surface area contributed by atoms with Crippen LogP contribution in [0.1, 0.15) is 24.0 Å². The van der Waals surface area contributed by atoms with E-state index in [-0.39, 0.29) is 18.1 Å². The molecule has 4 rings (SSSR count). The smallest absolute Gasteiger partial charge is 0.220 e. The lowest BCUT2D eigenvalue weighted by Gasteiger charge is -2.57. The molecule has 21 heavy (non-hydrogen) atoms. The molecular weight excluding hydrogens is 262 g/mol. The van der Waals surface area contributed by atoms with Crippen LogP contribution in [0.5, 0.6) is 0 Å². The number of carbonyl (C=O) groups is 1. The Hall–Kier alpha value is -2.13. The monoisotopic (exact) mass is 279 g/mol. The van der Waals surface area contributed by atoms with Crippen LogP contribution in [0.2, 0.25) is 0 Å². The SMILES string of the molecule is O=C1CC[C@H]2OC(c3ccccc3)(c3ccccc3)[C@H]2N1. The average molecular weight is 279 g/mol. The van der Waals surface area contributed by atoms with Gasteiger partial charge in [-0.3, -0.25) is 4.79 Å². The van der Waals surface area contributed by atoms with Gasteiger partial charge in [0.1, 0.15) is 5.60 Å². The number of ether oxygens (including phenoxy) is 1. The number of piperidine rings is 1. The minimum atomic E-state index is -0.552. The Balaban J connectivity index is 1.83. The third-order valence-electron chi connectivity index (χ3n) is 4.52. The van der Waals surface area contributed by atoms with E-state index in [4.69, 9.17) is 4.74 Å². The largest absolute Gasteiger partial charge is 0.358 e. The Bertz CT molecular complexity index is 614. The lowest BCUT2D eigenvalue weighted by Crippen LogP contribution is -2.71. The summed E-state index contributed by atoms with van der Waals surface area (Å²) in [6.45, 7) is 0. The van der Waals surface area contributed by atoms with Crippen molar-refractivity contribution in [3.8, 4) is 0 Å². The van der Waals surface area contributed by atoms with Crippen molar-refractivity contribution in [2.24, 2.45) is 0 Å². The molecule has 3 nitrogen and oxygen atoms in total. The number of carbonyl (C=O) groups excluding carboxylic acids is 1. The summed E-state index contributed by atoms with van der Waals surface area (Å²) in [5, 5.41) is 3.14. The Morgan fingerprint density at radius 1 is 0.952 bits per heavy atom. The third kappa shape index (κ3) is 1.81. The molecule has 2 aromatic carbocycles. The molecule has 3 heteroatoms. The van der Waals surface area contributed by atoms with E-state index in [0.717, 1.165) is 17.5 Å². The number of benzene rings is 2. The van der Waals surface area contributed by atoms with Gasteiger partial charge in [-0.25, -0.2) is 0 Å². The molecule has 2 heterocycles. The maximum Gasteiger partial charge on any atom is 0.220 e. The van der Waals surface area contributed by atoms with Crippen molar-refractivity contribution in [2.45, 2.75) is 30.6 Å². The van der Waals surface area contributed by atoms with Crippen molar-refractivity contribution in [1.82, 2.24) is 5.32 Å². The predicted molar refractivity (Wildman–Crippen MR) is 79.7 cm³/mol. The van der Waals surface area contributed by atoms with Crippen molar-refractivity contribution < 1.29 is 9.53 Å². The van der Waals surface area contributed by atoms with Gasteiger partial charge in [0.15, 0.2) is 0 Å². The van der Waals surface area contributed by atoms with E-state index in [1.807, 2.05) is 36.4 Å². The molecule has 2 saturated heterocycles. The predicted octanol–water partition coefficient (Wildman–Crippen LogP) is 2.61. The number of hydrogen-bond acceptors (Lipinski definition) is 2. The Labute approximate surface area is 123 Å². The van der Waals surface area contributed by atoms with Crippen LogP contribution in [0, 0.1) is 0 Å². The summed E-state index contributed by atoms with van der Waals surface area (Å²) in [6.07, 6.45) is 1.47. The highest BCUT2D eigenvalue weighted by atomic mass is 16.5. The van der Waals surface area contributed by atoms with Crippen LogP contribution in [0.15, 0.2) is 60.7 Å². The van der Waals surface area contributed by atoms with Gasteiger partial charge in [-0.1, -0.05) is 60.7 Å². The maximum absolute atomic E-state index is 11.8. The first kappa shape index (κ1) is 12.6. The van der Waals surface area contributed by atoms with Gasteiger partial charge in [-0.15, -0.1) is 0 Å². The fraction of sp³-hybridized carbons (Fsp3) is 0.278. The van der Waals surface area contributed by atoms with E-state index in [2.05, 4.69) is 29.6 Å². The molecular formula is C18H17NO2. The zero-order valence-corrected chi connectivity index (χ0v) is 11.7. The molecule has 0 aliphatic carbocycles. The summed E-state index contributed by atoms with van der Waals surface area (Å²) in [5.74, 6) is 0.121. The van der Waals surface area contributed by atoms with Crippen molar-refractivity contribution in [3.05, 3.63) is 71.8 Å². The summed E-state index contributed by atoms with van der Waals surface area (Å²) in [5.41, 5.74) is 1.64. The van der Waals surface area contributed by atoms with E-state index in [9.17, 15) is 4.79 Å². The number of fused-ring (bicyclic) bond motifs is 1. The highest BCUT2D eigenvalue weighted by molar-refractivity contribution is 5.78. The first-order valence-corrected chi connectivity index (χ1v) is 7.39. The highest BCUT2D eigenvalue weighted by Gasteiger charge is 2.59. The summed E-state index contributed by atoms with van der Waals surface area (Å²) in [6, 6.07) is 20.4. The van der Waals surface area contributed by atoms with Gasteiger partial charge in [-0.2, -0.15) is 0 Å². The number of hydrogen-bond donors (Lipinski definition) is 1. The molecule has 2 fully saturated rings. The van der Waals surface area contributed by atoms with Gasteiger partial charge in [0, 0.05) is 6.42 Å². The Morgan fingerprint density at radius 3 is 2.10 bits per heavy atom. The van der Waals surface area contributed by atoms with E-state index in [1.165, 1.54) is 0 Å². The van der Waals surface area contributed by atoms with E-state index in [1.54, 1.807) is 0 Å². The maximum atomic E-state index is 11.8. The molecule has 0 spiro atoms. The lowest BCUT2D eigenvalue weighted by atomic mass is 9.70. The van der Waals surface area contributed by atoms with Gasteiger partial charge in [-0.05, 0) is 17.5 Å². The molecule has 1 amide bonds. The fourth-order valence-corrected chi connectivity index (χ4v) is 3.54. The molecule has 0 radical (unpaired) electrons. The normalized spacial score (nSPS) is 26.4. The molecule has 2 atom stereocenters. The topological polar surface area (TPSA) is 38.3 Å². The first-order chi connectivity index (χ1) is 10.3. The zero-order valence-electron chi connectivity index (χ0n) is 11.7. The van der Waals surface area contributed by atoms with Crippen LogP contribution < -0.4 is 5.32 Å². The molecule has 2 aromatic rings. The standard InChI is InChI=1S/C18H17NO2/c20-16-12-11-15-17(19-16)18(21-15,13-7-3-1-4-8-13)14-9-5-2-6-10-14/h1-10,15,17H,11-12H2,(H,19,20)/t15-,17+/m1/s1. The number of rotatable bonds is 2. The van der Waals surface area contributed by atoms with Crippen molar-refractivity contribution in [1.29, 1.82) is 0 Å². The van der Waals surface area contributed by atoms with Gasteiger partial charge in [0.05, 0.1) is 12.1 Å². The molecule has 0 unspecified atom stereocenters. The van der Waals surface area contributed by atoms with Crippen LogP contribution in [-0.2, 0) is 15.1 Å². The van der Waals surface area contributed by atoms with Crippen molar-refractivity contribution in [3.63, 3.8) is 0 Å². The van der Waals surface area contributed by atoms with Gasteiger partial charge >= 0.3 is 0 Å². The summed E-state index contributed by atoms with van der Waals surface area (Å²) in [4.78, 5) is 11.8. The molecule has 0 bridgehead atoms. The second-order valence-corrected chi connectivity index (χ2v) is 5.71. The molecule has 2 aliphatic heterocycles. The second kappa shape index (κ2) is 4.71. The van der Waals surface area contributed by atoms with Crippen LogP contribution >= 0.6 is 0 Å². The molecule has 2 aliphatic rings. The first-order valence-electron chi connectivity index (χ1n) is 7.39. The zero-order chi connectivity index (χ0) is 14.3. The molecule has 106 valence electrons. The highest BCUT2D eigenvalue weighted by Crippen LogP contribution is 2.49. The van der Waals surface area contributed by atoms with E-state index in [0.29, 0.717) is 6.42 Å². The number of nitrogens with one attached hydrogen (secondary N) is 1. The van der Waals surface area contributed by atoms with Gasteiger partial charge < -0.3 is 10.1 Å². The van der Waals surface area contributed by atoms with Gasteiger partial charge in [0.2, 0.25) is 5.91 Å². The minimum Gasteiger partial charge on any atom is -0.358 e. The van der Waals surface area contributed by atoms with Crippen LogP contribution in [0.25, 0.3) is 0 Å². The van der Waals surface area contributed by atoms with Crippen molar-refractivity contribution >= 4 is 5.91 Å². The summed E-state index contributed by atoms with van der Waals surface area (Å²) >= 11 is 0. The quantitative estimate of drug-likeness (QED) is 0.917. The fourth-order valence-electron chi connectivity index (χ4n) is 3.54.